The number of halogens is 1. The molecule has 1 amide bonds. The van der Waals surface area contributed by atoms with Crippen molar-refractivity contribution in [3.05, 3.63) is 23.2 Å². The van der Waals surface area contributed by atoms with Crippen LogP contribution in [0.4, 0.5) is 0 Å². The predicted octanol–water partition coefficient (Wildman–Crippen LogP) is 1.86. The van der Waals surface area contributed by atoms with Crippen molar-refractivity contribution in [3.63, 3.8) is 0 Å². The molecule has 1 aromatic rings. The molecule has 0 radical (unpaired) electrons. The van der Waals surface area contributed by atoms with Gasteiger partial charge in [-0.2, -0.15) is 0 Å². The Labute approximate surface area is 99.6 Å². The van der Waals surface area contributed by atoms with Gasteiger partial charge >= 0.3 is 0 Å². The number of hydrogen-bond donors (Lipinski definition) is 0. The van der Waals surface area contributed by atoms with Gasteiger partial charge in [0.05, 0.1) is 11.9 Å². The molecule has 1 saturated heterocycles. The lowest BCUT2D eigenvalue weighted by Crippen LogP contribution is -2.36. The lowest BCUT2D eigenvalue weighted by molar-refractivity contribution is -0.129. The summed E-state index contributed by atoms with van der Waals surface area (Å²) in [6, 6.07) is 0. The Balaban J connectivity index is 2.01. The minimum absolute atomic E-state index is 0.149. The van der Waals surface area contributed by atoms with Crippen molar-refractivity contribution in [2.24, 2.45) is 0 Å². The molecule has 0 aromatic carbocycles. The minimum atomic E-state index is 0.149. The molecular weight excluding hydrogens is 226 g/mol. The number of rotatable bonds is 1. The van der Waals surface area contributed by atoms with E-state index in [-0.39, 0.29) is 5.91 Å². The molecule has 2 rings (SSSR count). The van der Waals surface area contributed by atoms with Crippen LogP contribution < -0.4 is 0 Å². The number of likely N-dealkylation sites (tertiary alicyclic amines) is 1. The summed E-state index contributed by atoms with van der Waals surface area (Å²) in [5, 5.41) is 0.437. The minimum Gasteiger partial charge on any atom is -0.343 e. The van der Waals surface area contributed by atoms with E-state index in [9.17, 15) is 4.79 Å². The molecule has 0 N–H and O–H groups in total. The molecule has 0 saturated carbocycles. The quantitative estimate of drug-likeness (QED) is 0.752. The molecular formula is C11H14ClN3O. The third-order valence-electron chi connectivity index (χ3n) is 2.98. The van der Waals surface area contributed by atoms with Gasteiger partial charge in [0.2, 0.25) is 5.91 Å². The first-order chi connectivity index (χ1) is 7.66. The van der Waals surface area contributed by atoms with Crippen molar-refractivity contribution in [2.75, 3.05) is 13.1 Å². The molecule has 0 aliphatic carbocycles. The van der Waals surface area contributed by atoms with E-state index in [2.05, 4.69) is 9.97 Å². The van der Waals surface area contributed by atoms with Crippen LogP contribution in [-0.2, 0) is 4.79 Å². The highest BCUT2D eigenvalue weighted by Gasteiger charge is 2.23. The standard InChI is InChI=1S/C11H14ClN3O/c1-8(16)15-4-2-9(3-5-15)10-6-13-7-11(12)14-10/h6-7,9H,2-5H2,1H3. The van der Waals surface area contributed by atoms with Crippen LogP contribution in [0.15, 0.2) is 12.4 Å². The van der Waals surface area contributed by atoms with E-state index in [1.54, 1.807) is 13.1 Å². The average Bonchev–Trinajstić information content (AvgIpc) is 2.29. The van der Waals surface area contributed by atoms with Gasteiger partial charge in [-0.3, -0.25) is 9.78 Å². The SMILES string of the molecule is CC(=O)N1CCC(c2cncc(Cl)n2)CC1. The molecule has 1 fully saturated rings. The Morgan fingerprint density at radius 3 is 2.69 bits per heavy atom. The average molecular weight is 240 g/mol. The van der Waals surface area contributed by atoms with Crippen molar-refractivity contribution in [2.45, 2.75) is 25.7 Å². The Hall–Kier alpha value is -1.16. The molecule has 5 heteroatoms. The number of nitrogens with zero attached hydrogens (tertiary/aromatic N) is 3. The fourth-order valence-corrected chi connectivity index (χ4v) is 2.20. The van der Waals surface area contributed by atoms with Crippen molar-refractivity contribution in [3.8, 4) is 0 Å². The molecule has 0 spiro atoms. The van der Waals surface area contributed by atoms with E-state index < -0.39 is 0 Å². The van der Waals surface area contributed by atoms with Crippen molar-refractivity contribution in [1.29, 1.82) is 0 Å². The monoisotopic (exact) mass is 239 g/mol. The van der Waals surface area contributed by atoms with Gasteiger partial charge in [-0.1, -0.05) is 11.6 Å². The Kier molecular flexibility index (Phi) is 3.39. The summed E-state index contributed by atoms with van der Waals surface area (Å²) in [4.78, 5) is 21.3. The zero-order valence-electron chi connectivity index (χ0n) is 9.19. The summed E-state index contributed by atoms with van der Waals surface area (Å²) in [5.74, 6) is 0.525. The topological polar surface area (TPSA) is 46.1 Å². The number of amides is 1. The fourth-order valence-electron chi connectivity index (χ4n) is 2.04. The van der Waals surface area contributed by atoms with Gasteiger partial charge in [0, 0.05) is 32.1 Å². The van der Waals surface area contributed by atoms with Gasteiger partial charge in [-0.15, -0.1) is 0 Å². The summed E-state index contributed by atoms with van der Waals surface area (Å²) < 4.78 is 0. The summed E-state index contributed by atoms with van der Waals surface area (Å²) in [6.07, 6.45) is 5.18. The van der Waals surface area contributed by atoms with E-state index in [4.69, 9.17) is 11.6 Å². The Morgan fingerprint density at radius 1 is 1.44 bits per heavy atom. The van der Waals surface area contributed by atoms with Crippen molar-refractivity contribution < 1.29 is 4.79 Å². The molecule has 86 valence electrons. The lowest BCUT2D eigenvalue weighted by atomic mass is 9.94. The molecule has 16 heavy (non-hydrogen) atoms. The zero-order chi connectivity index (χ0) is 11.5. The normalized spacial score (nSPS) is 17.5. The van der Waals surface area contributed by atoms with Crippen molar-refractivity contribution in [1.82, 2.24) is 14.9 Å². The zero-order valence-corrected chi connectivity index (χ0v) is 9.94. The molecule has 1 aromatic heterocycles. The van der Waals surface area contributed by atoms with Gasteiger partial charge in [0.1, 0.15) is 5.15 Å². The second-order valence-corrected chi connectivity index (χ2v) is 4.43. The number of carbonyl (C=O) groups excluding carboxylic acids is 1. The smallest absolute Gasteiger partial charge is 0.219 e. The maximum atomic E-state index is 11.2. The highest BCUT2D eigenvalue weighted by atomic mass is 35.5. The first-order valence-corrected chi connectivity index (χ1v) is 5.77. The maximum absolute atomic E-state index is 11.2. The van der Waals surface area contributed by atoms with Crippen LogP contribution in [0.5, 0.6) is 0 Å². The number of piperidine rings is 1. The second-order valence-electron chi connectivity index (χ2n) is 4.05. The summed E-state index contributed by atoms with van der Waals surface area (Å²) >= 11 is 5.81. The first-order valence-electron chi connectivity index (χ1n) is 5.40. The molecule has 2 heterocycles. The van der Waals surface area contributed by atoms with E-state index in [0.717, 1.165) is 31.6 Å². The molecule has 0 unspecified atom stereocenters. The number of hydrogen-bond acceptors (Lipinski definition) is 3. The molecule has 0 atom stereocenters. The van der Waals surface area contributed by atoms with E-state index in [1.807, 2.05) is 4.90 Å². The Morgan fingerprint density at radius 2 is 2.12 bits per heavy atom. The maximum Gasteiger partial charge on any atom is 0.219 e. The third-order valence-corrected chi connectivity index (χ3v) is 3.16. The van der Waals surface area contributed by atoms with Crippen molar-refractivity contribution >= 4 is 17.5 Å². The summed E-state index contributed by atoms with van der Waals surface area (Å²) in [6.45, 7) is 3.21. The molecule has 4 nitrogen and oxygen atoms in total. The van der Waals surface area contributed by atoms with E-state index in [1.165, 1.54) is 6.20 Å². The first kappa shape index (κ1) is 11.3. The summed E-state index contributed by atoms with van der Waals surface area (Å²) in [5.41, 5.74) is 0.940. The molecule has 0 bridgehead atoms. The number of aromatic nitrogens is 2. The molecule has 1 aliphatic rings. The third kappa shape index (κ3) is 2.50. The predicted molar refractivity (Wildman–Crippen MR) is 61.3 cm³/mol. The Bertz CT molecular complexity index is 389. The lowest BCUT2D eigenvalue weighted by Gasteiger charge is -2.30. The van der Waals surface area contributed by atoms with Gasteiger partial charge < -0.3 is 4.90 Å². The van der Waals surface area contributed by atoms with Crippen LogP contribution in [0.3, 0.4) is 0 Å². The van der Waals surface area contributed by atoms with Crippen LogP contribution in [0.25, 0.3) is 0 Å². The highest BCUT2D eigenvalue weighted by Crippen LogP contribution is 2.26. The number of carbonyl (C=O) groups is 1. The highest BCUT2D eigenvalue weighted by molar-refractivity contribution is 6.29. The van der Waals surface area contributed by atoms with Crippen LogP contribution >= 0.6 is 11.6 Å². The van der Waals surface area contributed by atoms with Gasteiger partial charge in [-0.05, 0) is 12.8 Å². The van der Waals surface area contributed by atoms with Gasteiger partial charge in [0.15, 0.2) is 0 Å². The van der Waals surface area contributed by atoms with Crippen LogP contribution in [0.2, 0.25) is 5.15 Å². The summed E-state index contributed by atoms with van der Waals surface area (Å²) in [7, 11) is 0. The van der Waals surface area contributed by atoms with Crippen LogP contribution in [-0.4, -0.2) is 33.9 Å². The second kappa shape index (κ2) is 4.78. The van der Waals surface area contributed by atoms with Crippen LogP contribution in [0.1, 0.15) is 31.4 Å². The van der Waals surface area contributed by atoms with Crippen LogP contribution in [0, 0.1) is 0 Å². The molecule has 1 aliphatic heterocycles. The largest absolute Gasteiger partial charge is 0.343 e. The van der Waals surface area contributed by atoms with Gasteiger partial charge in [0.25, 0.3) is 0 Å². The fraction of sp³-hybridized carbons (Fsp3) is 0.545. The van der Waals surface area contributed by atoms with E-state index >= 15 is 0 Å². The van der Waals surface area contributed by atoms with E-state index in [0.29, 0.717) is 11.1 Å². The van der Waals surface area contributed by atoms with Gasteiger partial charge in [-0.25, -0.2) is 4.98 Å².